The number of fused-ring (bicyclic) bond motifs is 3. The minimum absolute atomic E-state index is 0.0474. The standard InChI is InChI=1S/C27H32N2O7/c1-16(25(32)33)28-24(31)22(13-14-23(30)36-27(2,3)4)29-26(34)35-15-21-19-11-7-5-9-17(19)18-10-6-8-12-20(18)21/h5-12,16,21-22H,13-15H2,1-4H3,(H,28,31)(H,29,34)(H,32,33). The molecule has 0 saturated carbocycles. The highest BCUT2D eigenvalue weighted by Crippen LogP contribution is 2.44. The summed E-state index contributed by atoms with van der Waals surface area (Å²) in [6.45, 7) is 6.51. The number of amides is 2. The number of esters is 1. The quantitative estimate of drug-likeness (QED) is 0.452. The first kappa shape index (κ1) is 26.7. The van der Waals surface area contributed by atoms with Crippen molar-refractivity contribution >= 4 is 23.9 Å². The monoisotopic (exact) mass is 496 g/mol. The first-order valence-corrected chi connectivity index (χ1v) is 11.8. The van der Waals surface area contributed by atoms with Crippen molar-refractivity contribution in [3.63, 3.8) is 0 Å². The van der Waals surface area contributed by atoms with Gasteiger partial charge in [-0.3, -0.25) is 14.4 Å². The van der Waals surface area contributed by atoms with Gasteiger partial charge in [0.15, 0.2) is 0 Å². The summed E-state index contributed by atoms with van der Waals surface area (Å²) in [5.74, 6) is -2.66. The van der Waals surface area contributed by atoms with E-state index in [-0.39, 0.29) is 25.4 Å². The second-order valence-corrected chi connectivity index (χ2v) is 9.72. The summed E-state index contributed by atoms with van der Waals surface area (Å²) in [6.07, 6.45) is -1.08. The van der Waals surface area contributed by atoms with Crippen LogP contribution in [-0.2, 0) is 23.9 Å². The number of hydrogen-bond acceptors (Lipinski definition) is 6. The zero-order chi connectivity index (χ0) is 26.5. The number of hydrogen-bond donors (Lipinski definition) is 3. The number of aliphatic carboxylic acids is 1. The highest BCUT2D eigenvalue weighted by molar-refractivity contribution is 5.89. The number of ether oxygens (including phenoxy) is 2. The van der Waals surface area contributed by atoms with Gasteiger partial charge in [-0.25, -0.2) is 4.79 Å². The van der Waals surface area contributed by atoms with Gasteiger partial charge >= 0.3 is 18.0 Å². The van der Waals surface area contributed by atoms with Crippen LogP contribution in [0.4, 0.5) is 4.79 Å². The lowest BCUT2D eigenvalue weighted by Crippen LogP contribution is -2.51. The average Bonchev–Trinajstić information content (AvgIpc) is 3.12. The fourth-order valence-electron chi connectivity index (χ4n) is 4.08. The van der Waals surface area contributed by atoms with E-state index in [1.54, 1.807) is 20.8 Å². The van der Waals surface area contributed by atoms with Crippen LogP contribution in [0.15, 0.2) is 48.5 Å². The zero-order valence-corrected chi connectivity index (χ0v) is 20.9. The normalized spacial score (nSPS) is 14.1. The Kier molecular flexibility index (Phi) is 8.34. The van der Waals surface area contributed by atoms with E-state index in [0.29, 0.717) is 0 Å². The van der Waals surface area contributed by atoms with Crippen LogP contribution >= 0.6 is 0 Å². The van der Waals surface area contributed by atoms with Gasteiger partial charge in [0.05, 0.1) is 0 Å². The third-order valence-electron chi connectivity index (χ3n) is 5.74. The Morgan fingerprint density at radius 2 is 1.50 bits per heavy atom. The van der Waals surface area contributed by atoms with Crippen LogP contribution < -0.4 is 10.6 Å². The van der Waals surface area contributed by atoms with Crippen molar-refractivity contribution in [2.45, 2.75) is 64.1 Å². The molecule has 0 heterocycles. The predicted octanol–water partition coefficient (Wildman–Crippen LogP) is 3.60. The van der Waals surface area contributed by atoms with E-state index >= 15 is 0 Å². The molecule has 2 atom stereocenters. The van der Waals surface area contributed by atoms with E-state index in [1.165, 1.54) is 6.92 Å². The summed E-state index contributed by atoms with van der Waals surface area (Å²) in [5.41, 5.74) is 3.55. The van der Waals surface area contributed by atoms with Crippen LogP contribution in [0.3, 0.4) is 0 Å². The Morgan fingerprint density at radius 3 is 2.03 bits per heavy atom. The number of alkyl carbamates (subject to hydrolysis) is 1. The van der Waals surface area contributed by atoms with Crippen molar-refractivity contribution in [1.82, 2.24) is 10.6 Å². The second-order valence-electron chi connectivity index (χ2n) is 9.72. The lowest BCUT2D eigenvalue weighted by molar-refractivity contribution is -0.155. The Balaban J connectivity index is 1.66. The summed E-state index contributed by atoms with van der Waals surface area (Å²) in [4.78, 5) is 48.7. The fourth-order valence-corrected chi connectivity index (χ4v) is 4.08. The summed E-state index contributed by atoms with van der Waals surface area (Å²) in [5, 5.41) is 13.9. The van der Waals surface area contributed by atoms with E-state index < -0.39 is 41.6 Å². The molecule has 192 valence electrons. The van der Waals surface area contributed by atoms with Gasteiger partial charge in [-0.2, -0.15) is 0 Å². The number of carbonyl (C=O) groups excluding carboxylic acids is 3. The van der Waals surface area contributed by atoms with Gasteiger partial charge in [-0.05, 0) is 56.4 Å². The minimum atomic E-state index is -1.23. The highest BCUT2D eigenvalue weighted by atomic mass is 16.6. The number of carboxylic acid groups (broad SMARTS) is 1. The smallest absolute Gasteiger partial charge is 0.407 e. The average molecular weight is 497 g/mol. The van der Waals surface area contributed by atoms with Crippen LogP contribution in [0.2, 0.25) is 0 Å². The van der Waals surface area contributed by atoms with Gasteiger partial charge < -0.3 is 25.2 Å². The van der Waals surface area contributed by atoms with Crippen molar-refractivity contribution in [1.29, 1.82) is 0 Å². The maximum absolute atomic E-state index is 12.7. The summed E-state index contributed by atoms with van der Waals surface area (Å²) in [6, 6.07) is 13.4. The van der Waals surface area contributed by atoms with Crippen molar-refractivity contribution in [2.75, 3.05) is 6.61 Å². The maximum Gasteiger partial charge on any atom is 0.407 e. The van der Waals surface area contributed by atoms with Gasteiger partial charge in [0.1, 0.15) is 24.3 Å². The minimum Gasteiger partial charge on any atom is -0.480 e. The molecule has 3 rings (SSSR count). The molecule has 2 unspecified atom stereocenters. The SMILES string of the molecule is CC(NC(=O)C(CCC(=O)OC(C)(C)C)NC(=O)OCC1c2ccccc2-c2ccccc21)C(=O)O. The molecule has 2 aromatic carbocycles. The van der Waals surface area contributed by atoms with E-state index in [9.17, 15) is 19.2 Å². The molecule has 0 saturated heterocycles. The largest absolute Gasteiger partial charge is 0.480 e. The molecule has 2 aromatic rings. The second kappa shape index (κ2) is 11.2. The molecule has 3 N–H and O–H groups in total. The Labute approximate surface area is 210 Å². The van der Waals surface area contributed by atoms with Crippen molar-refractivity contribution in [3.8, 4) is 11.1 Å². The first-order valence-electron chi connectivity index (χ1n) is 11.8. The molecule has 2 amide bonds. The molecular formula is C27H32N2O7. The van der Waals surface area contributed by atoms with Crippen molar-refractivity contribution < 1.29 is 33.8 Å². The van der Waals surface area contributed by atoms with E-state index in [0.717, 1.165) is 22.3 Å². The summed E-state index contributed by atoms with van der Waals surface area (Å²) >= 11 is 0. The van der Waals surface area contributed by atoms with Crippen LogP contribution in [0, 0.1) is 0 Å². The van der Waals surface area contributed by atoms with E-state index in [2.05, 4.69) is 10.6 Å². The Morgan fingerprint density at radius 1 is 0.944 bits per heavy atom. The molecule has 0 radical (unpaired) electrons. The Hall–Kier alpha value is -3.88. The number of carbonyl (C=O) groups is 4. The topological polar surface area (TPSA) is 131 Å². The molecule has 0 bridgehead atoms. The van der Waals surface area contributed by atoms with E-state index in [4.69, 9.17) is 14.6 Å². The maximum atomic E-state index is 12.7. The predicted molar refractivity (Wildman–Crippen MR) is 132 cm³/mol. The lowest BCUT2D eigenvalue weighted by atomic mass is 9.98. The van der Waals surface area contributed by atoms with Gasteiger partial charge in [0, 0.05) is 12.3 Å². The summed E-state index contributed by atoms with van der Waals surface area (Å²) in [7, 11) is 0. The van der Waals surface area contributed by atoms with Crippen LogP contribution in [0.25, 0.3) is 11.1 Å². The molecule has 0 aliphatic heterocycles. The number of nitrogens with one attached hydrogen (secondary N) is 2. The van der Waals surface area contributed by atoms with Gasteiger partial charge in [-0.1, -0.05) is 48.5 Å². The molecule has 0 fully saturated rings. The fraction of sp³-hybridized carbons (Fsp3) is 0.407. The van der Waals surface area contributed by atoms with E-state index in [1.807, 2.05) is 48.5 Å². The molecule has 9 heteroatoms. The molecular weight excluding hydrogens is 464 g/mol. The zero-order valence-electron chi connectivity index (χ0n) is 20.9. The van der Waals surface area contributed by atoms with Crippen LogP contribution in [0.1, 0.15) is 57.6 Å². The number of rotatable bonds is 9. The highest BCUT2D eigenvalue weighted by Gasteiger charge is 2.30. The molecule has 9 nitrogen and oxygen atoms in total. The molecule has 36 heavy (non-hydrogen) atoms. The Bertz CT molecular complexity index is 1090. The molecule has 0 aromatic heterocycles. The van der Waals surface area contributed by atoms with Crippen molar-refractivity contribution in [3.05, 3.63) is 59.7 Å². The molecule has 0 spiro atoms. The van der Waals surface area contributed by atoms with Gasteiger partial charge in [0.2, 0.25) is 5.91 Å². The number of carboxylic acids is 1. The van der Waals surface area contributed by atoms with Crippen molar-refractivity contribution in [2.24, 2.45) is 0 Å². The van der Waals surface area contributed by atoms with Gasteiger partial charge in [-0.15, -0.1) is 0 Å². The number of benzene rings is 2. The summed E-state index contributed by atoms with van der Waals surface area (Å²) < 4.78 is 10.8. The third-order valence-corrected chi connectivity index (χ3v) is 5.74. The molecule has 1 aliphatic carbocycles. The third kappa shape index (κ3) is 6.84. The first-order chi connectivity index (χ1) is 17.0. The lowest BCUT2D eigenvalue weighted by Gasteiger charge is -2.22. The van der Waals surface area contributed by atoms with Gasteiger partial charge in [0.25, 0.3) is 0 Å². The van der Waals surface area contributed by atoms with Crippen LogP contribution in [0.5, 0.6) is 0 Å². The van der Waals surface area contributed by atoms with Crippen LogP contribution in [-0.4, -0.2) is 53.3 Å². The molecule has 1 aliphatic rings.